The maximum atomic E-state index is 12.2. The number of phenolic OH excluding ortho intramolecular Hbond substituents is 1. The second kappa shape index (κ2) is 6.36. The van der Waals surface area contributed by atoms with Gasteiger partial charge in [0, 0.05) is 5.56 Å². The van der Waals surface area contributed by atoms with Gasteiger partial charge in [0.2, 0.25) is 0 Å². The molecule has 19 heavy (non-hydrogen) atoms. The number of halogens is 3. The first-order valence-corrected chi connectivity index (χ1v) is 5.93. The quantitative estimate of drug-likeness (QED) is 0.628. The van der Waals surface area contributed by atoms with Gasteiger partial charge in [-0.3, -0.25) is 0 Å². The van der Waals surface area contributed by atoms with Crippen LogP contribution < -0.4 is 4.74 Å². The fourth-order valence-electron chi connectivity index (χ4n) is 1.48. The van der Waals surface area contributed by atoms with Crippen LogP contribution in [0.5, 0.6) is 11.5 Å². The van der Waals surface area contributed by atoms with Crippen LogP contribution in [-0.2, 0) is 0 Å². The molecule has 2 unspecified atom stereocenters. The van der Waals surface area contributed by atoms with Crippen LogP contribution in [0.3, 0.4) is 0 Å². The van der Waals surface area contributed by atoms with Crippen molar-refractivity contribution in [1.82, 2.24) is 0 Å². The minimum Gasteiger partial charge on any atom is -0.508 e. The number of hydrogen-bond acceptors (Lipinski definition) is 5. The Morgan fingerprint density at radius 1 is 1.26 bits per heavy atom. The van der Waals surface area contributed by atoms with E-state index in [-0.39, 0.29) is 23.5 Å². The number of aliphatic hydroxyl groups excluding tert-OH is 2. The SMILES string of the molecule is Oc1ccc(OC(F)(F)F)c(C(O)C(O)CCS)c1. The van der Waals surface area contributed by atoms with Gasteiger partial charge in [0.05, 0.1) is 6.10 Å². The minimum absolute atomic E-state index is 0.0748. The molecule has 2 atom stereocenters. The molecule has 8 heteroatoms. The van der Waals surface area contributed by atoms with Gasteiger partial charge in [-0.2, -0.15) is 12.6 Å². The van der Waals surface area contributed by atoms with E-state index in [4.69, 9.17) is 0 Å². The van der Waals surface area contributed by atoms with Crippen LogP contribution in [0.25, 0.3) is 0 Å². The third kappa shape index (κ3) is 4.81. The summed E-state index contributed by atoms with van der Waals surface area (Å²) in [6, 6.07) is 2.77. The summed E-state index contributed by atoms with van der Waals surface area (Å²) in [6.45, 7) is 0. The Labute approximate surface area is 112 Å². The zero-order chi connectivity index (χ0) is 14.6. The van der Waals surface area contributed by atoms with Crippen molar-refractivity contribution in [2.45, 2.75) is 25.0 Å². The van der Waals surface area contributed by atoms with Crippen molar-refractivity contribution in [3.63, 3.8) is 0 Å². The molecule has 0 spiro atoms. The van der Waals surface area contributed by atoms with Crippen LogP contribution in [-0.4, -0.2) is 33.5 Å². The maximum absolute atomic E-state index is 12.2. The third-order valence-electron chi connectivity index (χ3n) is 2.33. The van der Waals surface area contributed by atoms with Crippen LogP contribution >= 0.6 is 12.6 Å². The van der Waals surface area contributed by atoms with Crippen LogP contribution in [0, 0.1) is 0 Å². The summed E-state index contributed by atoms with van der Waals surface area (Å²) >= 11 is 3.85. The topological polar surface area (TPSA) is 69.9 Å². The molecular weight excluding hydrogens is 285 g/mol. The lowest BCUT2D eigenvalue weighted by Gasteiger charge is -2.21. The second-order valence-corrected chi connectivity index (χ2v) is 4.24. The van der Waals surface area contributed by atoms with E-state index >= 15 is 0 Å². The van der Waals surface area contributed by atoms with E-state index in [0.29, 0.717) is 0 Å². The molecule has 3 N–H and O–H groups in total. The maximum Gasteiger partial charge on any atom is 0.573 e. The number of alkyl halides is 3. The molecule has 0 saturated heterocycles. The Kier molecular flexibility index (Phi) is 5.33. The number of hydrogen-bond donors (Lipinski definition) is 4. The van der Waals surface area contributed by atoms with Crippen molar-refractivity contribution in [2.24, 2.45) is 0 Å². The Morgan fingerprint density at radius 2 is 1.89 bits per heavy atom. The van der Waals surface area contributed by atoms with Crippen LogP contribution in [0.2, 0.25) is 0 Å². The second-order valence-electron chi connectivity index (χ2n) is 3.79. The predicted molar refractivity (Wildman–Crippen MR) is 64.2 cm³/mol. The molecule has 0 saturated carbocycles. The summed E-state index contributed by atoms with van der Waals surface area (Å²) in [6.07, 6.45) is -7.78. The first kappa shape index (κ1) is 15.9. The van der Waals surface area contributed by atoms with Gasteiger partial charge in [-0.25, -0.2) is 0 Å². The van der Waals surface area contributed by atoms with E-state index in [1.165, 1.54) is 0 Å². The highest BCUT2D eigenvalue weighted by Crippen LogP contribution is 2.34. The number of benzene rings is 1. The average molecular weight is 298 g/mol. The van der Waals surface area contributed by atoms with Crippen molar-refractivity contribution in [2.75, 3.05) is 5.75 Å². The van der Waals surface area contributed by atoms with Gasteiger partial charge in [0.15, 0.2) is 0 Å². The third-order valence-corrected chi connectivity index (χ3v) is 2.59. The number of aliphatic hydroxyl groups is 2. The first-order valence-electron chi connectivity index (χ1n) is 5.30. The lowest BCUT2D eigenvalue weighted by Crippen LogP contribution is -2.22. The summed E-state index contributed by atoms with van der Waals surface area (Å²) in [4.78, 5) is 0. The molecule has 0 bridgehead atoms. The van der Waals surface area contributed by atoms with Gasteiger partial charge >= 0.3 is 6.36 Å². The summed E-state index contributed by atoms with van der Waals surface area (Å²) < 4.78 is 40.3. The summed E-state index contributed by atoms with van der Waals surface area (Å²) in [5.74, 6) is -0.773. The van der Waals surface area contributed by atoms with E-state index in [9.17, 15) is 28.5 Å². The van der Waals surface area contributed by atoms with Gasteiger partial charge in [0.1, 0.15) is 17.6 Å². The van der Waals surface area contributed by atoms with Crippen molar-refractivity contribution >= 4 is 12.6 Å². The minimum atomic E-state index is -4.93. The lowest BCUT2D eigenvalue weighted by molar-refractivity contribution is -0.275. The highest BCUT2D eigenvalue weighted by Gasteiger charge is 2.33. The Bertz CT molecular complexity index is 425. The van der Waals surface area contributed by atoms with E-state index in [1.54, 1.807) is 0 Å². The van der Waals surface area contributed by atoms with Gasteiger partial charge in [-0.05, 0) is 30.4 Å². The smallest absolute Gasteiger partial charge is 0.508 e. The molecule has 0 aliphatic heterocycles. The zero-order valence-electron chi connectivity index (χ0n) is 9.63. The molecule has 0 aliphatic carbocycles. The van der Waals surface area contributed by atoms with E-state index in [1.807, 2.05) is 0 Å². The molecular formula is C11H13F3O4S. The van der Waals surface area contributed by atoms with Crippen LogP contribution in [0.1, 0.15) is 18.1 Å². The average Bonchev–Trinajstić information content (AvgIpc) is 2.29. The number of phenols is 1. The molecule has 1 aromatic rings. The van der Waals surface area contributed by atoms with E-state index in [2.05, 4.69) is 17.4 Å². The number of aromatic hydroxyl groups is 1. The fourth-order valence-corrected chi connectivity index (χ4v) is 1.75. The molecule has 0 heterocycles. The summed E-state index contributed by atoms with van der Waals surface area (Å²) in [5, 5.41) is 28.6. The number of rotatable bonds is 5. The van der Waals surface area contributed by atoms with E-state index in [0.717, 1.165) is 18.2 Å². The highest BCUT2D eigenvalue weighted by atomic mass is 32.1. The molecule has 0 radical (unpaired) electrons. The summed E-state index contributed by atoms with van der Waals surface area (Å²) in [5.41, 5.74) is -0.341. The van der Waals surface area contributed by atoms with Crippen molar-refractivity contribution in [1.29, 1.82) is 0 Å². The Morgan fingerprint density at radius 3 is 2.42 bits per heavy atom. The first-order chi connectivity index (χ1) is 8.74. The normalized spacial score (nSPS) is 15.1. The predicted octanol–water partition coefficient (Wildman–Crippen LogP) is 2.00. The number of thiol groups is 1. The fraction of sp³-hybridized carbons (Fsp3) is 0.455. The van der Waals surface area contributed by atoms with E-state index < -0.39 is 24.3 Å². The zero-order valence-corrected chi connectivity index (χ0v) is 10.5. The molecule has 0 amide bonds. The molecule has 1 rings (SSSR count). The van der Waals surface area contributed by atoms with Gasteiger partial charge in [0.25, 0.3) is 0 Å². The van der Waals surface area contributed by atoms with Crippen LogP contribution in [0.4, 0.5) is 13.2 Å². The molecule has 108 valence electrons. The van der Waals surface area contributed by atoms with Crippen molar-refractivity contribution < 1.29 is 33.2 Å². The Hall–Kier alpha value is -1.12. The molecule has 0 fully saturated rings. The van der Waals surface area contributed by atoms with Crippen molar-refractivity contribution in [3.05, 3.63) is 23.8 Å². The molecule has 0 aliphatic rings. The molecule has 0 aromatic heterocycles. The van der Waals surface area contributed by atoms with Crippen LogP contribution in [0.15, 0.2) is 18.2 Å². The van der Waals surface area contributed by atoms with Gasteiger partial charge in [-0.15, -0.1) is 13.2 Å². The largest absolute Gasteiger partial charge is 0.573 e. The summed E-state index contributed by atoms with van der Waals surface area (Å²) in [7, 11) is 0. The van der Waals surface area contributed by atoms with Crippen molar-refractivity contribution in [3.8, 4) is 11.5 Å². The monoisotopic (exact) mass is 298 g/mol. The Balaban J connectivity index is 3.06. The standard InChI is InChI=1S/C11H13F3O4S/c12-11(13,14)18-9-2-1-6(15)5-7(9)10(17)8(16)3-4-19/h1-2,5,8,10,15-17,19H,3-4H2. The molecule has 1 aromatic carbocycles. The highest BCUT2D eigenvalue weighted by molar-refractivity contribution is 7.80. The van der Waals surface area contributed by atoms with Gasteiger partial charge < -0.3 is 20.1 Å². The number of ether oxygens (including phenoxy) is 1. The molecule has 4 nitrogen and oxygen atoms in total. The van der Waals surface area contributed by atoms with Gasteiger partial charge in [-0.1, -0.05) is 0 Å². The lowest BCUT2D eigenvalue weighted by atomic mass is 10.0.